The average molecular weight is 560 g/mol. The first kappa shape index (κ1) is 30.4. The molecule has 1 unspecified atom stereocenters. The molecule has 0 radical (unpaired) electrons. The Morgan fingerprint density at radius 2 is 1.59 bits per heavy atom. The van der Waals surface area contributed by atoms with Crippen molar-refractivity contribution >= 4 is 38.7 Å². The number of rotatable bonds is 9. The van der Waals surface area contributed by atoms with Crippen LogP contribution in [-0.2, 0) is 24.3 Å². The molecule has 0 saturated heterocycles. The Balaban J connectivity index is 1.71. The molecular weight excluding hydrogens is 518 g/mol. The predicted octanol–water partition coefficient (Wildman–Crippen LogP) is 4.60. The van der Waals surface area contributed by atoms with Crippen LogP contribution in [0, 0.1) is 11.8 Å². The smallest absolute Gasteiger partial charge is 0.407 e. The van der Waals surface area contributed by atoms with Crippen LogP contribution in [0.3, 0.4) is 0 Å². The van der Waals surface area contributed by atoms with Crippen molar-refractivity contribution < 1.29 is 27.5 Å². The minimum Gasteiger partial charge on any atom is -0.444 e. The van der Waals surface area contributed by atoms with Crippen LogP contribution in [0.5, 0.6) is 0 Å². The van der Waals surface area contributed by atoms with Gasteiger partial charge in [-0.3, -0.25) is 9.59 Å². The van der Waals surface area contributed by atoms with Crippen molar-refractivity contribution in [3.8, 4) is 0 Å². The second-order valence-electron chi connectivity index (χ2n) is 11.1. The van der Waals surface area contributed by atoms with Crippen LogP contribution >= 0.6 is 0 Å². The van der Waals surface area contributed by atoms with Crippen molar-refractivity contribution in [1.29, 1.82) is 0 Å². The van der Waals surface area contributed by atoms with Crippen LogP contribution in [0.15, 0.2) is 47.4 Å². The third-order valence-electron chi connectivity index (χ3n) is 7.09. The van der Waals surface area contributed by atoms with E-state index in [9.17, 15) is 22.8 Å². The van der Waals surface area contributed by atoms with Crippen molar-refractivity contribution in [2.24, 2.45) is 11.8 Å². The van der Waals surface area contributed by atoms with Crippen LogP contribution in [0.25, 0.3) is 10.8 Å². The molecule has 0 aliphatic heterocycles. The van der Waals surface area contributed by atoms with Crippen LogP contribution in [0.2, 0.25) is 0 Å². The zero-order valence-electron chi connectivity index (χ0n) is 23.5. The predicted molar refractivity (Wildman–Crippen MR) is 150 cm³/mol. The summed E-state index contributed by atoms with van der Waals surface area (Å²) >= 11 is 0. The molecule has 3 rings (SSSR count). The highest BCUT2D eigenvalue weighted by Crippen LogP contribution is 2.31. The van der Waals surface area contributed by atoms with Crippen molar-refractivity contribution in [3.05, 3.63) is 42.5 Å². The number of carbonyl (C=O) groups is 3. The number of fused-ring (bicyclic) bond motifs is 1. The Kier molecular flexibility index (Phi) is 9.98. The summed E-state index contributed by atoms with van der Waals surface area (Å²) in [4.78, 5) is 40.4. The zero-order chi connectivity index (χ0) is 28.8. The monoisotopic (exact) mass is 559 g/mol. The molecule has 2 aromatic rings. The van der Waals surface area contributed by atoms with E-state index < -0.39 is 33.5 Å². The summed E-state index contributed by atoms with van der Waals surface area (Å²) < 4.78 is 33.8. The van der Waals surface area contributed by atoms with E-state index >= 15 is 0 Å². The maximum absolute atomic E-state index is 13.4. The van der Waals surface area contributed by atoms with Gasteiger partial charge in [-0.2, -0.15) is 0 Å². The molecule has 2 N–H and O–H groups in total. The number of sulfonamides is 1. The summed E-state index contributed by atoms with van der Waals surface area (Å²) in [5, 5.41) is 4.52. The molecule has 39 heavy (non-hydrogen) atoms. The Morgan fingerprint density at radius 1 is 0.974 bits per heavy atom. The standard InChI is InChI=1S/C29H41N3O6S/c1-6-32(7-2)27(34)25(18-20-12-15-23(16-13-20)30-28(35)38-29(3,4)5)26(33)31-39(36,37)24-17-14-21-10-8-9-11-22(21)19-24/h8-11,14,17,19-20,23,25H,6-7,12-13,15-16,18H2,1-5H3,(H,30,35)(H,31,33)/t20-,23+,25?. The number of ether oxygens (including phenoxy) is 1. The summed E-state index contributed by atoms with van der Waals surface area (Å²) in [6.45, 7) is 9.92. The number of hydrogen-bond acceptors (Lipinski definition) is 6. The Hall–Kier alpha value is -3.14. The number of hydrogen-bond donors (Lipinski definition) is 2. The zero-order valence-corrected chi connectivity index (χ0v) is 24.3. The number of nitrogens with one attached hydrogen (secondary N) is 2. The summed E-state index contributed by atoms with van der Waals surface area (Å²) in [5.41, 5.74) is -0.583. The lowest BCUT2D eigenvalue weighted by molar-refractivity contribution is -0.142. The molecule has 1 fully saturated rings. The lowest BCUT2D eigenvalue weighted by Crippen LogP contribution is -2.46. The van der Waals surface area contributed by atoms with Crippen molar-refractivity contribution in [2.75, 3.05) is 13.1 Å². The van der Waals surface area contributed by atoms with Crippen LogP contribution in [-0.4, -0.2) is 56.0 Å². The molecule has 1 aliphatic rings. The fourth-order valence-corrected chi connectivity index (χ4v) is 6.08. The van der Waals surface area contributed by atoms with E-state index in [-0.39, 0.29) is 29.2 Å². The van der Waals surface area contributed by atoms with Gasteiger partial charge in [-0.25, -0.2) is 17.9 Å². The lowest BCUT2D eigenvalue weighted by Gasteiger charge is -2.32. The van der Waals surface area contributed by atoms with E-state index in [1.807, 2.05) is 52.8 Å². The average Bonchev–Trinajstić information content (AvgIpc) is 2.87. The van der Waals surface area contributed by atoms with E-state index in [0.29, 0.717) is 38.8 Å². The third kappa shape index (κ3) is 8.42. The molecule has 1 atom stereocenters. The summed E-state index contributed by atoms with van der Waals surface area (Å²) in [7, 11) is -4.18. The van der Waals surface area contributed by atoms with Gasteiger partial charge in [0, 0.05) is 19.1 Å². The van der Waals surface area contributed by atoms with Gasteiger partial charge in [0.1, 0.15) is 11.5 Å². The van der Waals surface area contributed by atoms with Gasteiger partial charge in [0.15, 0.2) is 0 Å². The normalized spacial score (nSPS) is 18.7. The fraction of sp³-hybridized carbons (Fsp3) is 0.552. The molecule has 10 heteroatoms. The number of nitrogens with zero attached hydrogens (tertiary/aromatic N) is 1. The van der Waals surface area contributed by atoms with Gasteiger partial charge >= 0.3 is 6.09 Å². The van der Waals surface area contributed by atoms with E-state index in [4.69, 9.17) is 4.74 Å². The van der Waals surface area contributed by atoms with Gasteiger partial charge in [-0.1, -0.05) is 30.3 Å². The van der Waals surface area contributed by atoms with Crippen LogP contribution in [0.1, 0.15) is 66.7 Å². The lowest BCUT2D eigenvalue weighted by atomic mass is 9.80. The first-order chi connectivity index (χ1) is 18.3. The molecule has 1 aliphatic carbocycles. The quantitative estimate of drug-likeness (QED) is 0.433. The summed E-state index contributed by atoms with van der Waals surface area (Å²) in [6.07, 6.45) is 2.56. The Morgan fingerprint density at radius 3 is 2.18 bits per heavy atom. The second kappa shape index (κ2) is 12.8. The van der Waals surface area contributed by atoms with E-state index in [0.717, 1.165) is 10.8 Å². The topological polar surface area (TPSA) is 122 Å². The largest absolute Gasteiger partial charge is 0.444 e. The number of amides is 3. The fourth-order valence-electron chi connectivity index (χ4n) is 5.02. The molecule has 3 amide bonds. The number of alkyl carbamates (subject to hydrolysis) is 1. The second-order valence-corrected chi connectivity index (χ2v) is 12.8. The molecular formula is C29H41N3O6S. The van der Waals surface area contributed by atoms with Crippen molar-refractivity contribution in [3.63, 3.8) is 0 Å². The van der Waals surface area contributed by atoms with Crippen molar-refractivity contribution in [2.45, 2.75) is 83.3 Å². The summed E-state index contributed by atoms with van der Waals surface area (Å²) in [5.74, 6) is -2.27. The van der Waals surface area contributed by atoms with Gasteiger partial charge in [-0.05, 0) is 95.5 Å². The van der Waals surface area contributed by atoms with Gasteiger partial charge in [-0.15, -0.1) is 0 Å². The minimum atomic E-state index is -4.18. The molecule has 2 aromatic carbocycles. The van der Waals surface area contributed by atoms with Gasteiger partial charge in [0.2, 0.25) is 11.8 Å². The van der Waals surface area contributed by atoms with Crippen LogP contribution < -0.4 is 10.0 Å². The molecule has 9 nitrogen and oxygen atoms in total. The molecule has 0 bridgehead atoms. The van der Waals surface area contributed by atoms with Crippen molar-refractivity contribution in [1.82, 2.24) is 14.9 Å². The number of carbonyl (C=O) groups excluding carboxylic acids is 3. The Labute approximate surface area is 231 Å². The maximum Gasteiger partial charge on any atom is 0.407 e. The highest BCUT2D eigenvalue weighted by atomic mass is 32.2. The highest BCUT2D eigenvalue weighted by Gasteiger charge is 2.36. The molecule has 1 saturated carbocycles. The molecule has 0 heterocycles. The highest BCUT2D eigenvalue weighted by molar-refractivity contribution is 7.90. The first-order valence-electron chi connectivity index (χ1n) is 13.7. The Bertz CT molecular complexity index is 1280. The maximum atomic E-state index is 13.4. The van der Waals surface area contributed by atoms with Crippen LogP contribution in [0.4, 0.5) is 4.79 Å². The van der Waals surface area contributed by atoms with Gasteiger partial charge in [0.05, 0.1) is 4.90 Å². The molecule has 214 valence electrons. The summed E-state index contributed by atoms with van der Waals surface area (Å²) in [6, 6.07) is 12.0. The first-order valence-corrected chi connectivity index (χ1v) is 15.1. The number of benzene rings is 2. The SMILES string of the molecule is CCN(CC)C(=O)C(C[C@H]1CC[C@@H](NC(=O)OC(C)(C)C)CC1)C(=O)NS(=O)(=O)c1ccc2ccccc2c1. The third-order valence-corrected chi connectivity index (χ3v) is 8.44. The van der Waals surface area contributed by atoms with E-state index in [2.05, 4.69) is 10.0 Å². The molecule has 0 spiro atoms. The van der Waals surface area contributed by atoms with E-state index in [1.165, 1.54) is 12.1 Å². The minimum absolute atomic E-state index is 0.0303. The van der Waals surface area contributed by atoms with Gasteiger partial charge < -0.3 is 15.0 Å². The van der Waals surface area contributed by atoms with E-state index in [1.54, 1.807) is 17.0 Å². The van der Waals surface area contributed by atoms with Gasteiger partial charge in [0.25, 0.3) is 10.0 Å². The molecule has 0 aromatic heterocycles.